The third-order valence-electron chi connectivity index (χ3n) is 1.60. The van der Waals surface area contributed by atoms with Gasteiger partial charge in [-0.1, -0.05) is 6.58 Å². The maximum absolute atomic E-state index is 9.93. The van der Waals surface area contributed by atoms with Crippen LogP contribution in [0.3, 0.4) is 0 Å². The number of isocyanates is 1. The van der Waals surface area contributed by atoms with Crippen molar-refractivity contribution in [2.75, 3.05) is 7.11 Å². The Morgan fingerprint density at radius 3 is 2.54 bits per heavy atom. The molecule has 0 radical (unpaired) electrons. The lowest BCUT2D eigenvalue weighted by Crippen LogP contribution is -1.83. The molecule has 3 nitrogen and oxygen atoms in total. The third-order valence-corrected chi connectivity index (χ3v) is 1.60. The standard InChI is InChI=1S/C10H9NO2/c1-8(11-7-12)9-3-5-10(13-2)6-4-9/h3-6H,1H2,2H3. The molecule has 0 aromatic heterocycles. The molecule has 0 aliphatic carbocycles. The minimum absolute atomic E-state index is 0.401. The van der Waals surface area contributed by atoms with E-state index in [1.54, 1.807) is 31.4 Å². The summed E-state index contributed by atoms with van der Waals surface area (Å²) >= 11 is 0. The Hall–Kier alpha value is -1.86. The van der Waals surface area contributed by atoms with Crippen LogP contribution in [-0.2, 0) is 4.79 Å². The number of rotatable bonds is 3. The number of methoxy groups -OCH3 is 1. The first-order valence-electron chi connectivity index (χ1n) is 3.69. The summed E-state index contributed by atoms with van der Waals surface area (Å²) in [6, 6.07) is 7.12. The summed E-state index contributed by atoms with van der Waals surface area (Å²) in [5.74, 6) is 0.756. The molecule has 0 saturated carbocycles. The van der Waals surface area contributed by atoms with E-state index in [-0.39, 0.29) is 0 Å². The Bertz CT molecular complexity index is 348. The van der Waals surface area contributed by atoms with Gasteiger partial charge in [0.15, 0.2) is 0 Å². The van der Waals surface area contributed by atoms with Crippen molar-refractivity contribution in [1.82, 2.24) is 0 Å². The lowest BCUT2D eigenvalue weighted by atomic mass is 10.2. The van der Waals surface area contributed by atoms with Crippen LogP contribution in [0.4, 0.5) is 0 Å². The summed E-state index contributed by atoms with van der Waals surface area (Å²) in [6.45, 7) is 3.60. The van der Waals surface area contributed by atoms with Gasteiger partial charge in [0.05, 0.1) is 12.8 Å². The lowest BCUT2D eigenvalue weighted by molar-refractivity contribution is 0.415. The van der Waals surface area contributed by atoms with Gasteiger partial charge in [0, 0.05) is 5.56 Å². The van der Waals surface area contributed by atoms with Crippen molar-refractivity contribution in [3.63, 3.8) is 0 Å². The molecule has 1 aromatic carbocycles. The minimum atomic E-state index is 0.401. The zero-order valence-corrected chi connectivity index (χ0v) is 7.28. The van der Waals surface area contributed by atoms with Gasteiger partial charge in [-0.05, 0) is 24.3 Å². The van der Waals surface area contributed by atoms with E-state index in [1.165, 1.54) is 6.08 Å². The van der Waals surface area contributed by atoms with Crippen molar-refractivity contribution < 1.29 is 9.53 Å². The van der Waals surface area contributed by atoms with Gasteiger partial charge in [0.2, 0.25) is 6.08 Å². The molecule has 0 spiro atoms. The largest absolute Gasteiger partial charge is 0.497 e. The minimum Gasteiger partial charge on any atom is -0.497 e. The van der Waals surface area contributed by atoms with E-state index in [0.717, 1.165) is 11.3 Å². The van der Waals surface area contributed by atoms with Crippen LogP contribution in [-0.4, -0.2) is 13.2 Å². The molecule has 13 heavy (non-hydrogen) atoms. The van der Waals surface area contributed by atoms with E-state index in [0.29, 0.717) is 5.70 Å². The van der Waals surface area contributed by atoms with Crippen LogP contribution >= 0.6 is 0 Å². The topological polar surface area (TPSA) is 38.7 Å². The Kier molecular flexibility index (Phi) is 3.01. The maximum Gasteiger partial charge on any atom is 0.240 e. The second-order valence-electron chi connectivity index (χ2n) is 2.38. The monoisotopic (exact) mass is 175 g/mol. The molecule has 66 valence electrons. The fourth-order valence-corrected chi connectivity index (χ4v) is 0.903. The second kappa shape index (κ2) is 4.24. The zero-order valence-electron chi connectivity index (χ0n) is 7.28. The number of aliphatic imine (C=N–C) groups is 1. The number of ether oxygens (including phenoxy) is 1. The zero-order chi connectivity index (χ0) is 9.68. The molecule has 1 aromatic rings. The van der Waals surface area contributed by atoms with Crippen LogP contribution in [0.2, 0.25) is 0 Å². The van der Waals surface area contributed by atoms with Crippen molar-refractivity contribution >= 4 is 11.8 Å². The smallest absolute Gasteiger partial charge is 0.240 e. The van der Waals surface area contributed by atoms with E-state index < -0.39 is 0 Å². The molecule has 0 N–H and O–H groups in total. The summed E-state index contributed by atoms with van der Waals surface area (Å²) < 4.78 is 4.97. The van der Waals surface area contributed by atoms with E-state index >= 15 is 0 Å². The summed E-state index contributed by atoms with van der Waals surface area (Å²) in [5.41, 5.74) is 1.18. The van der Waals surface area contributed by atoms with Crippen molar-refractivity contribution in [3.8, 4) is 5.75 Å². The third kappa shape index (κ3) is 2.29. The molecule has 0 aliphatic rings. The quantitative estimate of drug-likeness (QED) is 0.520. The first kappa shape index (κ1) is 9.23. The van der Waals surface area contributed by atoms with E-state index in [4.69, 9.17) is 4.74 Å². The van der Waals surface area contributed by atoms with Gasteiger partial charge in [0.25, 0.3) is 0 Å². The number of benzene rings is 1. The average molecular weight is 175 g/mol. The first-order valence-corrected chi connectivity index (χ1v) is 3.69. The van der Waals surface area contributed by atoms with E-state index in [1.807, 2.05) is 0 Å². The van der Waals surface area contributed by atoms with Crippen molar-refractivity contribution in [2.24, 2.45) is 4.99 Å². The fourth-order valence-electron chi connectivity index (χ4n) is 0.903. The maximum atomic E-state index is 9.93. The highest BCUT2D eigenvalue weighted by Gasteiger charge is 1.96. The first-order chi connectivity index (χ1) is 6.27. The Labute approximate surface area is 76.4 Å². The molecule has 0 atom stereocenters. The number of nitrogens with zero attached hydrogens (tertiary/aromatic N) is 1. The van der Waals surface area contributed by atoms with Gasteiger partial charge >= 0.3 is 0 Å². The molecule has 0 amide bonds. The van der Waals surface area contributed by atoms with Crippen LogP contribution in [0.15, 0.2) is 35.8 Å². The van der Waals surface area contributed by atoms with Gasteiger partial charge in [-0.2, -0.15) is 4.99 Å². The Balaban J connectivity index is 2.92. The average Bonchev–Trinajstić information content (AvgIpc) is 2.18. The fraction of sp³-hybridized carbons (Fsp3) is 0.100. The number of carbonyl (C=O) groups excluding carboxylic acids is 1. The van der Waals surface area contributed by atoms with Gasteiger partial charge in [-0.3, -0.25) is 0 Å². The van der Waals surface area contributed by atoms with E-state index in [9.17, 15) is 4.79 Å². The number of hydrogen-bond donors (Lipinski definition) is 0. The highest BCUT2D eigenvalue weighted by atomic mass is 16.5. The van der Waals surface area contributed by atoms with Crippen molar-refractivity contribution in [1.29, 1.82) is 0 Å². The van der Waals surface area contributed by atoms with E-state index in [2.05, 4.69) is 11.6 Å². The summed E-state index contributed by atoms with van der Waals surface area (Å²) in [6.07, 6.45) is 1.44. The molecule has 0 bridgehead atoms. The number of hydrogen-bond acceptors (Lipinski definition) is 3. The van der Waals surface area contributed by atoms with Gasteiger partial charge in [-0.15, -0.1) is 0 Å². The van der Waals surface area contributed by atoms with Gasteiger partial charge in [0.1, 0.15) is 5.75 Å². The Morgan fingerprint density at radius 2 is 2.08 bits per heavy atom. The molecule has 0 heterocycles. The highest BCUT2D eigenvalue weighted by molar-refractivity contribution is 5.67. The van der Waals surface area contributed by atoms with Gasteiger partial charge in [-0.25, -0.2) is 4.79 Å². The molecular formula is C10H9NO2. The van der Waals surface area contributed by atoms with Crippen molar-refractivity contribution in [3.05, 3.63) is 36.4 Å². The summed E-state index contributed by atoms with van der Waals surface area (Å²) in [4.78, 5) is 13.3. The Morgan fingerprint density at radius 1 is 1.46 bits per heavy atom. The molecular weight excluding hydrogens is 166 g/mol. The lowest BCUT2D eigenvalue weighted by Gasteiger charge is -2.00. The van der Waals surface area contributed by atoms with Gasteiger partial charge < -0.3 is 4.74 Å². The predicted octanol–water partition coefficient (Wildman–Crippen LogP) is 2.00. The molecule has 3 heteroatoms. The molecule has 0 unspecified atom stereocenters. The van der Waals surface area contributed by atoms with Crippen LogP contribution in [0, 0.1) is 0 Å². The summed E-state index contributed by atoms with van der Waals surface area (Å²) in [7, 11) is 1.59. The predicted molar refractivity (Wildman–Crippen MR) is 50.1 cm³/mol. The SMILES string of the molecule is C=C(N=C=O)c1ccc(OC)cc1. The van der Waals surface area contributed by atoms with Crippen LogP contribution in [0.5, 0.6) is 5.75 Å². The summed E-state index contributed by atoms with van der Waals surface area (Å²) in [5, 5.41) is 0. The van der Waals surface area contributed by atoms with Crippen LogP contribution in [0.25, 0.3) is 5.70 Å². The highest BCUT2D eigenvalue weighted by Crippen LogP contribution is 2.17. The second-order valence-corrected chi connectivity index (χ2v) is 2.38. The normalized spacial score (nSPS) is 8.69. The molecule has 1 rings (SSSR count). The molecule has 0 fully saturated rings. The molecule has 0 saturated heterocycles. The van der Waals surface area contributed by atoms with Crippen LogP contribution in [0.1, 0.15) is 5.56 Å². The molecule has 0 aliphatic heterocycles. The van der Waals surface area contributed by atoms with Crippen LogP contribution < -0.4 is 4.74 Å². The van der Waals surface area contributed by atoms with Crippen molar-refractivity contribution in [2.45, 2.75) is 0 Å².